The fraction of sp³-hybridized carbons (Fsp3) is 0.429. The van der Waals surface area contributed by atoms with Crippen molar-refractivity contribution in [2.75, 3.05) is 45.1 Å². The Morgan fingerprint density at radius 2 is 1.67 bits per heavy atom. The van der Waals surface area contributed by atoms with E-state index in [2.05, 4.69) is 17.5 Å². The van der Waals surface area contributed by atoms with Crippen LogP contribution < -0.4 is 4.74 Å². The molecular weight excluding hydrogens is 444 g/mol. The molecule has 3 rings (SSSR count). The second-order valence-corrected chi connectivity index (χ2v) is 9.24. The molecule has 0 aliphatic carbocycles. The number of thiol groups is 1. The van der Waals surface area contributed by atoms with E-state index in [0.29, 0.717) is 43.6 Å². The highest BCUT2D eigenvalue weighted by atomic mass is 35.5. The summed E-state index contributed by atoms with van der Waals surface area (Å²) in [6.45, 7) is 6.03. The van der Waals surface area contributed by atoms with Crippen molar-refractivity contribution in [2.45, 2.75) is 17.9 Å². The van der Waals surface area contributed by atoms with E-state index < -0.39 is 10.0 Å². The Bertz CT molecular complexity index is 860. The summed E-state index contributed by atoms with van der Waals surface area (Å²) in [6, 6.07) is 15.8. The van der Waals surface area contributed by atoms with Crippen molar-refractivity contribution in [1.29, 1.82) is 0 Å². The Kier molecular flexibility index (Phi) is 9.93. The lowest BCUT2D eigenvalue weighted by Gasteiger charge is -2.32. The lowest BCUT2D eigenvalue weighted by molar-refractivity contribution is 0.0357. The van der Waals surface area contributed by atoms with Gasteiger partial charge in [0.25, 0.3) is 0 Å². The SMILES string of the molecule is C[C@H](CS)N(CCN1CCOCC1)S(=O)(=O)c1ccc(Oc2ccccc2)cc1.Cl. The van der Waals surface area contributed by atoms with E-state index in [1.54, 1.807) is 28.6 Å². The van der Waals surface area contributed by atoms with Gasteiger partial charge in [-0.1, -0.05) is 18.2 Å². The van der Waals surface area contributed by atoms with E-state index in [0.717, 1.165) is 13.1 Å². The zero-order valence-electron chi connectivity index (χ0n) is 17.0. The van der Waals surface area contributed by atoms with Gasteiger partial charge in [-0.2, -0.15) is 16.9 Å². The summed E-state index contributed by atoms with van der Waals surface area (Å²) in [7, 11) is -3.63. The highest BCUT2D eigenvalue weighted by Gasteiger charge is 2.29. The van der Waals surface area contributed by atoms with Crippen molar-refractivity contribution in [1.82, 2.24) is 9.21 Å². The molecule has 0 saturated carbocycles. The van der Waals surface area contributed by atoms with Crippen LogP contribution in [0.5, 0.6) is 11.5 Å². The molecule has 9 heteroatoms. The average molecular weight is 473 g/mol. The van der Waals surface area contributed by atoms with Crippen LogP contribution in [0.25, 0.3) is 0 Å². The molecule has 1 fully saturated rings. The average Bonchev–Trinajstić information content (AvgIpc) is 2.75. The molecule has 1 aliphatic rings. The minimum atomic E-state index is -3.63. The molecule has 30 heavy (non-hydrogen) atoms. The van der Waals surface area contributed by atoms with Gasteiger partial charge in [0.15, 0.2) is 0 Å². The van der Waals surface area contributed by atoms with Crippen molar-refractivity contribution < 1.29 is 17.9 Å². The number of halogens is 1. The monoisotopic (exact) mass is 472 g/mol. The van der Waals surface area contributed by atoms with Crippen molar-refractivity contribution >= 4 is 35.1 Å². The van der Waals surface area contributed by atoms with Gasteiger partial charge in [-0.15, -0.1) is 12.4 Å². The van der Waals surface area contributed by atoms with E-state index in [4.69, 9.17) is 9.47 Å². The molecule has 1 atom stereocenters. The Balaban J connectivity index is 0.00000320. The van der Waals surface area contributed by atoms with Gasteiger partial charge < -0.3 is 9.47 Å². The van der Waals surface area contributed by atoms with E-state index >= 15 is 0 Å². The van der Waals surface area contributed by atoms with Gasteiger partial charge >= 0.3 is 0 Å². The summed E-state index contributed by atoms with van der Waals surface area (Å²) < 4.78 is 39.2. The maximum absolute atomic E-state index is 13.3. The molecule has 0 N–H and O–H groups in total. The second-order valence-electron chi connectivity index (χ2n) is 6.99. The molecule has 2 aromatic carbocycles. The summed E-state index contributed by atoms with van der Waals surface area (Å²) in [5.74, 6) is 1.76. The Labute approximate surface area is 191 Å². The third-order valence-electron chi connectivity index (χ3n) is 4.91. The molecule has 0 amide bonds. The van der Waals surface area contributed by atoms with Crippen LogP contribution >= 0.6 is 25.0 Å². The molecule has 0 radical (unpaired) electrons. The number of nitrogens with zero attached hydrogens (tertiary/aromatic N) is 2. The van der Waals surface area contributed by atoms with E-state index in [9.17, 15) is 8.42 Å². The summed E-state index contributed by atoms with van der Waals surface area (Å²) in [6.07, 6.45) is 0. The highest BCUT2D eigenvalue weighted by Crippen LogP contribution is 2.25. The Morgan fingerprint density at radius 3 is 2.27 bits per heavy atom. The number of sulfonamides is 1. The van der Waals surface area contributed by atoms with Crippen LogP contribution in [0.4, 0.5) is 0 Å². The first-order valence-electron chi connectivity index (χ1n) is 9.76. The van der Waals surface area contributed by atoms with Gasteiger partial charge in [0.05, 0.1) is 18.1 Å². The molecule has 1 heterocycles. The maximum Gasteiger partial charge on any atom is 0.243 e. The van der Waals surface area contributed by atoms with Gasteiger partial charge in [-0.25, -0.2) is 8.42 Å². The van der Waals surface area contributed by atoms with Gasteiger partial charge in [0.2, 0.25) is 10.0 Å². The summed E-state index contributed by atoms with van der Waals surface area (Å²) in [5, 5.41) is 0. The fourth-order valence-electron chi connectivity index (χ4n) is 3.17. The number of morpholine rings is 1. The number of benzene rings is 2. The van der Waals surface area contributed by atoms with Crippen LogP contribution in [0.2, 0.25) is 0 Å². The Hall–Kier alpha value is -1.29. The quantitative estimate of drug-likeness (QED) is 0.565. The number of hydrogen-bond donors (Lipinski definition) is 1. The molecule has 166 valence electrons. The van der Waals surface area contributed by atoms with E-state index in [-0.39, 0.29) is 23.3 Å². The van der Waals surface area contributed by atoms with Crippen LogP contribution in [0.15, 0.2) is 59.5 Å². The summed E-state index contributed by atoms with van der Waals surface area (Å²) in [5.41, 5.74) is 0. The topological polar surface area (TPSA) is 59.1 Å². The van der Waals surface area contributed by atoms with E-state index in [1.165, 1.54) is 0 Å². The van der Waals surface area contributed by atoms with E-state index in [1.807, 2.05) is 37.3 Å². The van der Waals surface area contributed by atoms with Gasteiger partial charge in [-0.05, 0) is 43.3 Å². The van der Waals surface area contributed by atoms with Gasteiger partial charge in [-0.3, -0.25) is 4.90 Å². The van der Waals surface area contributed by atoms with Crippen molar-refractivity contribution in [3.63, 3.8) is 0 Å². The maximum atomic E-state index is 13.3. The zero-order chi connectivity index (χ0) is 20.7. The molecule has 1 saturated heterocycles. The first-order valence-corrected chi connectivity index (χ1v) is 11.8. The first-order chi connectivity index (χ1) is 14.0. The normalized spacial score (nSPS) is 16.1. The molecule has 0 bridgehead atoms. The van der Waals surface area contributed by atoms with Crippen LogP contribution in [0.3, 0.4) is 0 Å². The molecule has 0 aromatic heterocycles. The summed E-state index contributed by atoms with van der Waals surface area (Å²) in [4.78, 5) is 2.49. The van der Waals surface area contributed by atoms with Crippen LogP contribution in [-0.2, 0) is 14.8 Å². The number of para-hydroxylation sites is 1. The second kappa shape index (κ2) is 11.9. The molecule has 0 spiro atoms. The van der Waals surface area contributed by atoms with Crippen LogP contribution in [-0.4, -0.2) is 68.8 Å². The molecular formula is C21H29ClN2O4S2. The molecule has 1 aliphatic heterocycles. The van der Waals surface area contributed by atoms with Gasteiger partial charge in [0.1, 0.15) is 11.5 Å². The first kappa shape index (κ1) is 25.0. The standard InChI is InChI=1S/C21H28N2O4S2.ClH/c1-18(17-28)23(12-11-22-13-15-26-16-14-22)29(24,25)21-9-7-20(8-10-21)27-19-5-3-2-4-6-19;/h2-10,18,28H,11-17H2,1H3;1H/t18-;/m1./s1. The number of ether oxygens (including phenoxy) is 2. The lowest BCUT2D eigenvalue weighted by Crippen LogP contribution is -2.46. The summed E-state index contributed by atoms with van der Waals surface area (Å²) >= 11 is 4.33. The number of rotatable bonds is 9. The van der Waals surface area contributed by atoms with Gasteiger partial charge in [0, 0.05) is 38.0 Å². The van der Waals surface area contributed by atoms with Crippen molar-refractivity contribution in [3.8, 4) is 11.5 Å². The molecule has 2 aromatic rings. The smallest absolute Gasteiger partial charge is 0.243 e. The zero-order valence-corrected chi connectivity index (χ0v) is 19.5. The fourth-order valence-corrected chi connectivity index (χ4v) is 5.10. The largest absolute Gasteiger partial charge is 0.457 e. The highest BCUT2D eigenvalue weighted by molar-refractivity contribution is 7.89. The van der Waals surface area contributed by atoms with Crippen molar-refractivity contribution in [3.05, 3.63) is 54.6 Å². The molecule has 0 unspecified atom stereocenters. The van der Waals surface area contributed by atoms with Crippen LogP contribution in [0.1, 0.15) is 6.92 Å². The predicted octanol–water partition coefficient (Wildman–Crippen LogP) is 3.54. The Morgan fingerprint density at radius 1 is 1.07 bits per heavy atom. The minimum absolute atomic E-state index is 0. The number of hydrogen-bond acceptors (Lipinski definition) is 6. The van der Waals surface area contributed by atoms with Crippen LogP contribution in [0, 0.1) is 0 Å². The molecule has 6 nitrogen and oxygen atoms in total. The third-order valence-corrected chi connectivity index (χ3v) is 7.46. The van der Waals surface area contributed by atoms with Crippen molar-refractivity contribution in [2.24, 2.45) is 0 Å². The lowest BCUT2D eigenvalue weighted by atomic mass is 10.3. The minimum Gasteiger partial charge on any atom is -0.457 e. The third kappa shape index (κ3) is 6.60. The predicted molar refractivity (Wildman–Crippen MR) is 125 cm³/mol.